The van der Waals surface area contributed by atoms with Gasteiger partial charge in [-0.1, -0.05) is 36.6 Å². The van der Waals surface area contributed by atoms with E-state index in [1.807, 2.05) is 24.0 Å². The molecule has 3 rings (SSSR count). The van der Waals surface area contributed by atoms with Gasteiger partial charge in [-0.15, -0.1) is 0 Å². The first-order valence-electron chi connectivity index (χ1n) is 7.15. The predicted molar refractivity (Wildman–Crippen MR) is 80.3 cm³/mol. The molecule has 1 aliphatic heterocycles. The molecule has 1 amide bonds. The maximum Gasteiger partial charge on any atom is 0.289 e. The third-order valence-corrected chi connectivity index (χ3v) is 4.30. The van der Waals surface area contributed by atoms with Gasteiger partial charge in [-0.2, -0.15) is 0 Å². The van der Waals surface area contributed by atoms with Crippen molar-refractivity contribution in [2.24, 2.45) is 0 Å². The average molecular weight is 292 g/mol. The number of halogens is 1. The normalized spacial score (nSPS) is 16.4. The van der Waals surface area contributed by atoms with E-state index >= 15 is 0 Å². The van der Waals surface area contributed by atoms with Gasteiger partial charge in [0.15, 0.2) is 11.3 Å². The van der Waals surface area contributed by atoms with Crippen LogP contribution in [-0.2, 0) is 0 Å². The summed E-state index contributed by atoms with van der Waals surface area (Å²) in [6, 6.07) is 5.61. The first-order chi connectivity index (χ1) is 9.68. The number of carbonyl (C=O) groups is 1. The molecule has 4 heteroatoms. The van der Waals surface area contributed by atoms with Crippen molar-refractivity contribution in [2.75, 3.05) is 13.1 Å². The van der Waals surface area contributed by atoms with E-state index in [1.54, 1.807) is 6.07 Å². The van der Waals surface area contributed by atoms with Crippen LogP contribution in [-0.4, -0.2) is 23.9 Å². The molecule has 0 atom stereocenters. The summed E-state index contributed by atoms with van der Waals surface area (Å²) in [6.07, 6.45) is 4.56. The van der Waals surface area contributed by atoms with Gasteiger partial charge in [0, 0.05) is 24.0 Å². The molecule has 1 aliphatic rings. The highest BCUT2D eigenvalue weighted by atomic mass is 35.5. The van der Waals surface area contributed by atoms with E-state index in [1.165, 1.54) is 12.8 Å². The van der Waals surface area contributed by atoms with Gasteiger partial charge in [-0.3, -0.25) is 4.79 Å². The van der Waals surface area contributed by atoms with Crippen molar-refractivity contribution in [3.8, 4) is 0 Å². The van der Waals surface area contributed by atoms with Crippen LogP contribution in [0.2, 0.25) is 5.02 Å². The van der Waals surface area contributed by atoms with E-state index in [4.69, 9.17) is 16.0 Å². The largest absolute Gasteiger partial charge is 0.449 e. The van der Waals surface area contributed by atoms with E-state index < -0.39 is 0 Å². The number of para-hydroxylation sites is 1. The van der Waals surface area contributed by atoms with E-state index in [-0.39, 0.29) is 5.91 Å². The minimum Gasteiger partial charge on any atom is -0.449 e. The van der Waals surface area contributed by atoms with Gasteiger partial charge in [-0.05, 0) is 25.8 Å². The highest BCUT2D eigenvalue weighted by Gasteiger charge is 2.24. The highest BCUT2D eigenvalue weighted by molar-refractivity contribution is 6.35. The molecule has 1 fully saturated rings. The molecule has 2 heterocycles. The number of carbonyl (C=O) groups excluding carboxylic acids is 1. The molecule has 3 nitrogen and oxygen atoms in total. The van der Waals surface area contributed by atoms with E-state index in [0.29, 0.717) is 16.4 Å². The van der Waals surface area contributed by atoms with Crippen LogP contribution in [0.15, 0.2) is 22.6 Å². The number of amides is 1. The minimum absolute atomic E-state index is 0.00309. The molecule has 0 radical (unpaired) electrons. The Labute approximate surface area is 123 Å². The van der Waals surface area contributed by atoms with E-state index in [0.717, 1.165) is 36.9 Å². The van der Waals surface area contributed by atoms with Crippen LogP contribution < -0.4 is 0 Å². The topological polar surface area (TPSA) is 33.5 Å². The molecule has 0 aliphatic carbocycles. The zero-order valence-corrected chi connectivity index (χ0v) is 12.4. The first-order valence-corrected chi connectivity index (χ1v) is 7.53. The molecule has 0 bridgehead atoms. The maximum absolute atomic E-state index is 12.6. The Balaban J connectivity index is 1.99. The number of nitrogens with zero attached hydrogens (tertiary/aromatic N) is 1. The fourth-order valence-electron chi connectivity index (χ4n) is 2.83. The molecule has 106 valence electrons. The van der Waals surface area contributed by atoms with Gasteiger partial charge in [0.2, 0.25) is 0 Å². The molecule has 1 aromatic heterocycles. The molecule has 1 saturated heterocycles. The SMILES string of the molecule is Cc1c(C(=O)N2CCCCCC2)oc2c(Cl)cccc12. The summed E-state index contributed by atoms with van der Waals surface area (Å²) in [5.74, 6) is 0.437. The zero-order valence-electron chi connectivity index (χ0n) is 11.6. The smallest absolute Gasteiger partial charge is 0.289 e. The molecular formula is C16H18ClNO2. The molecule has 0 N–H and O–H groups in total. The zero-order chi connectivity index (χ0) is 14.1. The van der Waals surface area contributed by atoms with Crippen molar-refractivity contribution in [3.05, 3.63) is 34.5 Å². The Morgan fingerprint density at radius 3 is 2.55 bits per heavy atom. The third-order valence-electron chi connectivity index (χ3n) is 4.00. The Morgan fingerprint density at radius 1 is 1.20 bits per heavy atom. The van der Waals surface area contributed by atoms with Crippen LogP contribution in [0, 0.1) is 6.92 Å². The second-order valence-corrected chi connectivity index (χ2v) is 5.79. The van der Waals surface area contributed by atoms with Gasteiger partial charge < -0.3 is 9.32 Å². The molecule has 0 unspecified atom stereocenters. The number of benzene rings is 1. The van der Waals surface area contributed by atoms with Gasteiger partial charge in [0.1, 0.15) is 0 Å². The lowest BCUT2D eigenvalue weighted by Gasteiger charge is -2.19. The summed E-state index contributed by atoms with van der Waals surface area (Å²) in [6.45, 7) is 3.57. The Bertz CT molecular complexity index is 639. The monoisotopic (exact) mass is 291 g/mol. The second kappa shape index (κ2) is 5.49. The highest BCUT2D eigenvalue weighted by Crippen LogP contribution is 2.31. The summed E-state index contributed by atoms with van der Waals surface area (Å²) in [5.41, 5.74) is 1.50. The van der Waals surface area contributed by atoms with Crippen molar-refractivity contribution in [3.63, 3.8) is 0 Å². The van der Waals surface area contributed by atoms with E-state index in [2.05, 4.69) is 0 Å². The van der Waals surface area contributed by atoms with Crippen LogP contribution in [0.3, 0.4) is 0 Å². The number of aryl methyl sites for hydroxylation is 1. The molecule has 1 aromatic carbocycles. The molecule has 0 spiro atoms. The quantitative estimate of drug-likeness (QED) is 0.780. The average Bonchev–Trinajstić information content (AvgIpc) is 2.66. The standard InChI is InChI=1S/C16H18ClNO2/c1-11-12-7-6-8-13(17)15(12)20-14(11)16(19)18-9-4-2-3-5-10-18/h6-8H,2-5,9-10H2,1H3. The summed E-state index contributed by atoms with van der Waals surface area (Å²) < 4.78 is 5.76. The van der Waals surface area contributed by atoms with Gasteiger partial charge in [0.05, 0.1) is 5.02 Å². The number of fused-ring (bicyclic) bond motifs is 1. The summed E-state index contributed by atoms with van der Waals surface area (Å²) in [4.78, 5) is 14.6. The fourth-order valence-corrected chi connectivity index (χ4v) is 3.04. The van der Waals surface area contributed by atoms with Gasteiger partial charge in [0.25, 0.3) is 5.91 Å². The van der Waals surface area contributed by atoms with Crippen LogP contribution >= 0.6 is 11.6 Å². The van der Waals surface area contributed by atoms with Crippen molar-refractivity contribution in [1.82, 2.24) is 4.90 Å². The Kier molecular flexibility index (Phi) is 3.70. The van der Waals surface area contributed by atoms with Gasteiger partial charge >= 0.3 is 0 Å². The first kappa shape index (κ1) is 13.5. The summed E-state index contributed by atoms with van der Waals surface area (Å²) in [7, 11) is 0. The van der Waals surface area contributed by atoms with Crippen LogP contribution in [0.5, 0.6) is 0 Å². The molecule has 2 aromatic rings. The third kappa shape index (κ3) is 2.31. The number of furan rings is 1. The van der Waals surface area contributed by atoms with Crippen LogP contribution in [0.4, 0.5) is 0 Å². The number of hydrogen-bond acceptors (Lipinski definition) is 2. The summed E-state index contributed by atoms with van der Waals surface area (Å²) in [5, 5.41) is 1.48. The number of likely N-dealkylation sites (tertiary alicyclic amines) is 1. The van der Waals surface area contributed by atoms with Crippen molar-refractivity contribution < 1.29 is 9.21 Å². The molecule has 0 saturated carbocycles. The predicted octanol–water partition coefficient (Wildman–Crippen LogP) is 4.41. The minimum atomic E-state index is -0.00309. The lowest BCUT2D eigenvalue weighted by molar-refractivity contribution is 0.0731. The van der Waals surface area contributed by atoms with Crippen LogP contribution in [0.1, 0.15) is 41.8 Å². The van der Waals surface area contributed by atoms with Gasteiger partial charge in [-0.25, -0.2) is 0 Å². The van der Waals surface area contributed by atoms with E-state index in [9.17, 15) is 4.79 Å². The molecular weight excluding hydrogens is 274 g/mol. The maximum atomic E-state index is 12.6. The fraction of sp³-hybridized carbons (Fsp3) is 0.438. The lowest BCUT2D eigenvalue weighted by Crippen LogP contribution is -2.31. The Morgan fingerprint density at radius 2 is 1.90 bits per heavy atom. The van der Waals surface area contributed by atoms with Crippen LogP contribution in [0.25, 0.3) is 11.0 Å². The number of rotatable bonds is 1. The molecule has 20 heavy (non-hydrogen) atoms. The second-order valence-electron chi connectivity index (χ2n) is 5.38. The van der Waals surface area contributed by atoms with Crippen molar-refractivity contribution >= 4 is 28.5 Å². The van der Waals surface area contributed by atoms with Crippen molar-refractivity contribution in [2.45, 2.75) is 32.6 Å². The number of hydrogen-bond donors (Lipinski definition) is 0. The van der Waals surface area contributed by atoms with Crippen molar-refractivity contribution in [1.29, 1.82) is 0 Å². The summed E-state index contributed by atoms with van der Waals surface area (Å²) >= 11 is 6.14. The lowest BCUT2D eigenvalue weighted by atomic mass is 10.1. The Hall–Kier alpha value is -1.48.